The Labute approximate surface area is 139 Å². The normalized spacial score (nSPS) is 19.1. The topological polar surface area (TPSA) is 24.4 Å². The molecule has 0 saturated carbocycles. The molecular weight excluding hydrogens is 280 g/mol. The SMILES string of the molecule is Cc1cc2c(cc1C)C(=NC(C)c1ccccc1)NC(C)(C)C2. The number of fused-ring (bicyclic) bond motifs is 1. The molecule has 120 valence electrons. The highest BCUT2D eigenvalue weighted by Gasteiger charge is 2.29. The van der Waals surface area contributed by atoms with E-state index in [4.69, 9.17) is 4.99 Å². The number of nitrogens with zero attached hydrogens (tertiary/aromatic N) is 1. The Morgan fingerprint density at radius 3 is 2.39 bits per heavy atom. The molecule has 23 heavy (non-hydrogen) atoms. The number of hydrogen-bond donors (Lipinski definition) is 1. The fourth-order valence-electron chi connectivity index (χ4n) is 3.25. The van der Waals surface area contributed by atoms with Gasteiger partial charge in [0.05, 0.1) is 6.04 Å². The second-order valence-corrected chi connectivity index (χ2v) is 7.34. The van der Waals surface area contributed by atoms with E-state index >= 15 is 0 Å². The lowest BCUT2D eigenvalue weighted by Gasteiger charge is -2.35. The van der Waals surface area contributed by atoms with E-state index in [9.17, 15) is 0 Å². The lowest BCUT2D eigenvalue weighted by molar-refractivity contribution is 0.446. The maximum Gasteiger partial charge on any atom is 0.129 e. The summed E-state index contributed by atoms with van der Waals surface area (Å²) in [4.78, 5) is 5.02. The molecular formula is C21H26N2. The van der Waals surface area contributed by atoms with Crippen LogP contribution >= 0.6 is 0 Å². The van der Waals surface area contributed by atoms with Gasteiger partial charge < -0.3 is 5.32 Å². The van der Waals surface area contributed by atoms with E-state index in [0.29, 0.717) is 0 Å². The summed E-state index contributed by atoms with van der Waals surface area (Å²) in [5.74, 6) is 1.02. The van der Waals surface area contributed by atoms with Crippen LogP contribution in [0.2, 0.25) is 0 Å². The van der Waals surface area contributed by atoms with Crippen LogP contribution in [0.15, 0.2) is 47.5 Å². The number of nitrogens with one attached hydrogen (secondary N) is 1. The van der Waals surface area contributed by atoms with Crippen LogP contribution in [0.25, 0.3) is 0 Å². The van der Waals surface area contributed by atoms with Gasteiger partial charge in [-0.2, -0.15) is 0 Å². The van der Waals surface area contributed by atoms with Crippen molar-refractivity contribution in [2.45, 2.75) is 52.6 Å². The third-order valence-electron chi connectivity index (χ3n) is 4.67. The monoisotopic (exact) mass is 306 g/mol. The van der Waals surface area contributed by atoms with E-state index in [1.807, 2.05) is 6.07 Å². The van der Waals surface area contributed by atoms with Gasteiger partial charge in [-0.3, -0.25) is 4.99 Å². The van der Waals surface area contributed by atoms with Crippen LogP contribution in [0.1, 0.15) is 54.6 Å². The van der Waals surface area contributed by atoms with Crippen LogP contribution in [-0.2, 0) is 6.42 Å². The summed E-state index contributed by atoms with van der Waals surface area (Å²) in [6, 6.07) is 15.2. The van der Waals surface area contributed by atoms with Crippen molar-refractivity contribution in [2.24, 2.45) is 4.99 Å². The highest BCUT2D eigenvalue weighted by Crippen LogP contribution is 2.28. The molecule has 0 aromatic heterocycles. The van der Waals surface area contributed by atoms with Crippen molar-refractivity contribution in [3.05, 3.63) is 70.3 Å². The Hall–Kier alpha value is -2.09. The average molecular weight is 306 g/mol. The van der Waals surface area contributed by atoms with Gasteiger partial charge in [-0.15, -0.1) is 0 Å². The minimum atomic E-state index is 0.0317. The van der Waals surface area contributed by atoms with Crippen molar-refractivity contribution in [3.8, 4) is 0 Å². The van der Waals surface area contributed by atoms with Crippen LogP contribution in [0, 0.1) is 13.8 Å². The van der Waals surface area contributed by atoms with E-state index < -0.39 is 0 Å². The molecule has 0 bridgehead atoms. The zero-order chi connectivity index (χ0) is 16.6. The van der Waals surface area contributed by atoms with E-state index in [2.05, 4.69) is 76.3 Å². The molecule has 1 aliphatic heterocycles. The van der Waals surface area contributed by atoms with Crippen molar-refractivity contribution in [3.63, 3.8) is 0 Å². The van der Waals surface area contributed by atoms with Gasteiger partial charge in [0, 0.05) is 11.1 Å². The van der Waals surface area contributed by atoms with Crippen molar-refractivity contribution in [1.29, 1.82) is 0 Å². The third kappa shape index (κ3) is 3.31. The number of benzene rings is 2. The Balaban J connectivity index is 2.05. The molecule has 0 radical (unpaired) electrons. The summed E-state index contributed by atoms with van der Waals surface area (Å²) in [5.41, 5.74) is 6.62. The Morgan fingerprint density at radius 2 is 1.70 bits per heavy atom. The molecule has 1 unspecified atom stereocenters. The zero-order valence-corrected chi connectivity index (χ0v) is 14.8. The summed E-state index contributed by atoms with van der Waals surface area (Å²) in [6.07, 6.45) is 1.03. The first-order valence-corrected chi connectivity index (χ1v) is 8.37. The number of rotatable bonds is 2. The van der Waals surface area contributed by atoms with Crippen LogP contribution < -0.4 is 5.32 Å². The van der Waals surface area contributed by atoms with Crippen molar-refractivity contribution < 1.29 is 0 Å². The molecule has 0 fully saturated rings. The van der Waals surface area contributed by atoms with Gasteiger partial charge in [0.15, 0.2) is 0 Å². The van der Waals surface area contributed by atoms with Crippen LogP contribution in [0.4, 0.5) is 0 Å². The molecule has 2 aromatic rings. The third-order valence-corrected chi connectivity index (χ3v) is 4.67. The van der Waals surface area contributed by atoms with Gasteiger partial charge in [0.25, 0.3) is 0 Å². The minimum Gasteiger partial charge on any atom is -0.365 e. The lowest BCUT2D eigenvalue weighted by Crippen LogP contribution is -2.49. The van der Waals surface area contributed by atoms with E-state index in [1.165, 1.54) is 27.8 Å². The van der Waals surface area contributed by atoms with E-state index in [-0.39, 0.29) is 11.6 Å². The molecule has 3 rings (SSSR count). The Morgan fingerprint density at radius 1 is 1.04 bits per heavy atom. The number of amidine groups is 1. The van der Waals surface area contributed by atoms with Crippen molar-refractivity contribution >= 4 is 5.84 Å². The first kappa shape index (κ1) is 15.8. The maximum atomic E-state index is 5.02. The van der Waals surface area contributed by atoms with Gasteiger partial charge in [-0.1, -0.05) is 36.4 Å². The van der Waals surface area contributed by atoms with Gasteiger partial charge in [0.2, 0.25) is 0 Å². The smallest absolute Gasteiger partial charge is 0.129 e. The van der Waals surface area contributed by atoms with E-state index in [1.54, 1.807) is 0 Å². The molecule has 0 aliphatic carbocycles. The van der Waals surface area contributed by atoms with Crippen molar-refractivity contribution in [2.75, 3.05) is 0 Å². The summed E-state index contributed by atoms with van der Waals surface area (Å²) < 4.78 is 0. The molecule has 0 saturated heterocycles. The quantitative estimate of drug-likeness (QED) is 0.852. The highest BCUT2D eigenvalue weighted by atomic mass is 15.1. The van der Waals surface area contributed by atoms with Gasteiger partial charge in [-0.05, 0) is 69.4 Å². The second kappa shape index (κ2) is 5.84. The maximum absolute atomic E-state index is 5.02. The van der Waals surface area contributed by atoms with Gasteiger partial charge in [-0.25, -0.2) is 0 Å². The Kier molecular flexibility index (Phi) is 4.01. The molecule has 2 nitrogen and oxygen atoms in total. The standard InChI is InChI=1S/C21H26N2/c1-14-11-18-13-21(4,5)23-20(19(18)12-15(14)2)22-16(3)17-9-7-6-8-10-17/h6-12,16H,13H2,1-5H3,(H,22,23). The average Bonchev–Trinajstić information content (AvgIpc) is 2.49. The molecule has 1 N–H and O–H groups in total. The molecule has 0 spiro atoms. The number of aryl methyl sites for hydroxylation is 2. The van der Waals surface area contributed by atoms with Crippen LogP contribution in [0.5, 0.6) is 0 Å². The largest absolute Gasteiger partial charge is 0.365 e. The fraction of sp³-hybridized carbons (Fsp3) is 0.381. The summed E-state index contributed by atoms with van der Waals surface area (Å²) >= 11 is 0. The fourth-order valence-corrected chi connectivity index (χ4v) is 3.25. The molecule has 0 amide bonds. The predicted octanol–water partition coefficient (Wildman–Crippen LogP) is 4.74. The highest BCUT2D eigenvalue weighted by molar-refractivity contribution is 6.02. The molecule has 2 aromatic carbocycles. The van der Waals surface area contributed by atoms with Gasteiger partial charge >= 0.3 is 0 Å². The number of aliphatic imine (C=N–C) groups is 1. The van der Waals surface area contributed by atoms with Crippen LogP contribution in [-0.4, -0.2) is 11.4 Å². The second-order valence-electron chi connectivity index (χ2n) is 7.34. The minimum absolute atomic E-state index is 0.0317. The molecule has 1 heterocycles. The van der Waals surface area contributed by atoms with Crippen molar-refractivity contribution in [1.82, 2.24) is 5.32 Å². The molecule has 2 heteroatoms. The van der Waals surface area contributed by atoms with E-state index in [0.717, 1.165) is 12.3 Å². The summed E-state index contributed by atoms with van der Waals surface area (Å²) in [7, 11) is 0. The van der Waals surface area contributed by atoms with Gasteiger partial charge in [0.1, 0.15) is 5.84 Å². The predicted molar refractivity (Wildman–Crippen MR) is 98.2 cm³/mol. The molecule has 1 aliphatic rings. The molecule has 1 atom stereocenters. The Bertz CT molecular complexity index is 742. The first-order chi connectivity index (χ1) is 10.9. The summed E-state index contributed by atoms with van der Waals surface area (Å²) in [6.45, 7) is 11.0. The van der Waals surface area contributed by atoms with Crippen LogP contribution in [0.3, 0.4) is 0 Å². The first-order valence-electron chi connectivity index (χ1n) is 8.37. The summed E-state index contributed by atoms with van der Waals surface area (Å²) in [5, 5.41) is 3.65. The number of hydrogen-bond acceptors (Lipinski definition) is 1. The lowest BCUT2D eigenvalue weighted by atomic mass is 9.85. The zero-order valence-electron chi connectivity index (χ0n) is 14.8.